The number of methoxy groups -OCH3 is 1. The lowest BCUT2D eigenvalue weighted by Crippen LogP contribution is -2.36. The molecule has 2 N–H and O–H groups in total. The van der Waals surface area contributed by atoms with Crippen molar-refractivity contribution in [1.82, 2.24) is 4.72 Å². The first-order chi connectivity index (χ1) is 9.43. The molecule has 1 aromatic rings. The fraction of sp³-hybridized carbons (Fsp3) is 0.462. The monoisotopic (exact) mass is 301 g/mol. The van der Waals surface area contributed by atoms with E-state index in [4.69, 9.17) is 9.84 Å². The summed E-state index contributed by atoms with van der Waals surface area (Å²) in [6.45, 7) is -0.0417. The summed E-state index contributed by atoms with van der Waals surface area (Å²) >= 11 is 0. The van der Waals surface area contributed by atoms with E-state index >= 15 is 0 Å². The first-order valence-corrected chi connectivity index (χ1v) is 7.84. The highest BCUT2D eigenvalue weighted by Gasteiger charge is 2.16. The van der Waals surface area contributed by atoms with Crippen LogP contribution in [0.3, 0.4) is 0 Å². The molecule has 0 fully saturated rings. The number of aliphatic carboxylic acids is 1. The smallest absolute Gasteiger partial charge is 0.306 e. The summed E-state index contributed by atoms with van der Waals surface area (Å²) in [6.07, 6.45) is -0.497. The molecule has 0 saturated heterocycles. The summed E-state index contributed by atoms with van der Waals surface area (Å²) in [5, 5.41) is 8.64. The fourth-order valence-electron chi connectivity index (χ4n) is 1.62. The molecule has 6 nitrogen and oxygen atoms in total. The molecule has 0 saturated carbocycles. The number of carbonyl (C=O) groups is 1. The predicted octanol–water partition coefficient (Wildman–Crippen LogP) is 0.638. The van der Waals surface area contributed by atoms with Gasteiger partial charge in [-0.2, -0.15) is 0 Å². The number of aryl methyl sites for hydroxylation is 1. The van der Waals surface area contributed by atoms with Crippen LogP contribution >= 0.6 is 0 Å². The molecule has 0 aromatic heterocycles. The number of carboxylic acid groups (broad SMARTS) is 1. The SMILES string of the molecule is COC(CNS(=O)(=O)CCc1ccccc1)CC(=O)O. The van der Waals surface area contributed by atoms with E-state index in [0.29, 0.717) is 6.42 Å². The molecule has 0 heterocycles. The molecule has 20 heavy (non-hydrogen) atoms. The van der Waals surface area contributed by atoms with E-state index in [1.807, 2.05) is 30.3 Å². The van der Waals surface area contributed by atoms with Crippen molar-refractivity contribution in [3.8, 4) is 0 Å². The normalized spacial score (nSPS) is 13.1. The lowest BCUT2D eigenvalue weighted by Gasteiger charge is -2.14. The molecule has 0 aliphatic rings. The summed E-state index contributed by atoms with van der Waals surface area (Å²) < 4.78 is 30.9. The van der Waals surface area contributed by atoms with Gasteiger partial charge in [0.25, 0.3) is 0 Å². The minimum Gasteiger partial charge on any atom is -0.481 e. The third-order valence-electron chi connectivity index (χ3n) is 2.77. The standard InChI is InChI=1S/C13H19NO5S/c1-19-12(9-13(15)16)10-14-20(17,18)8-7-11-5-3-2-4-6-11/h2-6,12,14H,7-10H2,1H3,(H,15,16). The van der Waals surface area contributed by atoms with Crippen LogP contribution in [0.15, 0.2) is 30.3 Å². The summed E-state index contributed by atoms with van der Waals surface area (Å²) in [5.41, 5.74) is 0.937. The molecule has 0 spiro atoms. The van der Waals surface area contributed by atoms with Crippen LogP contribution in [0, 0.1) is 0 Å². The molecule has 1 atom stereocenters. The zero-order valence-electron chi connectivity index (χ0n) is 11.3. The van der Waals surface area contributed by atoms with Crippen LogP contribution in [0.4, 0.5) is 0 Å². The van der Waals surface area contributed by atoms with Gasteiger partial charge in [-0.25, -0.2) is 13.1 Å². The summed E-state index contributed by atoms with van der Waals surface area (Å²) in [6, 6.07) is 9.29. The Bertz CT molecular complexity index is 515. The first kappa shape index (κ1) is 16.6. The number of nitrogens with one attached hydrogen (secondary N) is 1. The number of rotatable bonds is 9. The first-order valence-electron chi connectivity index (χ1n) is 6.19. The van der Waals surface area contributed by atoms with Crippen LogP contribution in [-0.2, 0) is 26.0 Å². The second kappa shape index (κ2) is 7.98. The van der Waals surface area contributed by atoms with E-state index in [1.165, 1.54) is 7.11 Å². The largest absolute Gasteiger partial charge is 0.481 e. The van der Waals surface area contributed by atoms with Crippen molar-refractivity contribution in [2.24, 2.45) is 0 Å². The topological polar surface area (TPSA) is 92.7 Å². The van der Waals surface area contributed by atoms with Crippen molar-refractivity contribution < 1.29 is 23.1 Å². The molecule has 0 aliphatic carbocycles. The minimum absolute atomic E-state index is 0.0412. The Balaban J connectivity index is 2.43. The van der Waals surface area contributed by atoms with E-state index in [0.717, 1.165) is 5.56 Å². The number of hydrogen-bond donors (Lipinski definition) is 2. The molecular formula is C13H19NO5S. The van der Waals surface area contributed by atoms with Gasteiger partial charge in [0.15, 0.2) is 0 Å². The van der Waals surface area contributed by atoms with Gasteiger partial charge in [0.05, 0.1) is 18.3 Å². The lowest BCUT2D eigenvalue weighted by molar-refractivity contribution is -0.139. The highest BCUT2D eigenvalue weighted by molar-refractivity contribution is 7.89. The van der Waals surface area contributed by atoms with Gasteiger partial charge in [-0.3, -0.25) is 4.79 Å². The van der Waals surface area contributed by atoms with E-state index < -0.39 is 22.1 Å². The Hall–Kier alpha value is -1.44. The maximum Gasteiger partial charge on any atom is 0.306 e. The van der Waals surface area contributed by atoms with Crippen molar-refractivity contribution in [3.05, 3.63) is 35.9 Å². The van der Waals surface area contributed by atoms with Gasteiger partial charge in [0.2, 0.25) is 10.0 Å². The number of sulfonamides is 1. The van der Waals surface area contributed by atoms with Crippen LogP contribution in [-0.4, -0.2) is 45.0 Å². The maximum atomic E-state index is 11.8. The highest BCUT2D eigenvalue weighted by Crippen LogP contribution is 2.02. The average molecular weight is 301 g/mol. The van der Waals surface area contributed by atoms with Crippen molar-refractivity contribution in [2.75, 3.05) is 19.4 Å². The second-order valence-corrected chi connectivity index (χ2v) is 6.28. The van der Waals surface area contributed by atoms with Crippen LogP contribution in [0.1, 0.15) is 12.0 Å². The number of benzene rings is 1. The van der Waals surface area contributed by atoms with Crippen molar-refractivity contribution in [3.63, 3.8) is 0 Å². The second-order valence-electron chi connectivity index (χ2n) is 4.36. The van der Waals surface area contributed by atoms with Gasteiger partial charge in [-0.15, -0.1) is 0 Å². The van der Waals surface area contributed by atoms with Gasteiger partial charge in [-0.1, -0.05) is 30.3 Å². The van der Waals surface area contributed by atoms with Gasteiger partial charge in [0.1, 0.15) is 0 Å². The van der Waals surface area contributed by atoms with Crippen molar-refractivity contribution >= 4 is 16.0 Å². The Labute approximate surface area is 118 Å². The maximum absolute atomic E-state index is 11.8. The lowest BCUT2D eigenvalue weighted by atomic mass is 10.2. The van der Waals surface area contributed by atoms with Crippen LogP contribution < -0.4 is 4.72 Å². The molecule has 7 heteroatoms. The summed E-state index contributed by atoms with van der Waals surface area (Å²) in [4.78, 5) is 10.5. The molecule has 1 rings (SSSR count). The molecule has 0 bridgehead atoms. The van der Waals surface area contributed by atoms with Crippen LogP contribution in [0.25, 0.3) is 0 Å². The molecular weight excluding hydrogens is 282 g/mol. The molecule has 1 aromatic carbocycles. The number of hydrogen-bond acceptors (Lipinski definition) is 4. The molecule has 0 radical (unpaired) electrons. The minimum atomic E-state index is -3.44. The molecule has 112 valence electrons. The zero-order valence-corrected chi connectivity index (χ0v) is 12.1. The summed E-state index contributed by atoms with van der Waals surface area (Å²) in [7, 11) is -2.09. The van der Waals surface area contributed by atoms with E-state index in [-0.39, 0.29) is 18.7 Å². The molecule has 0 amide bonds. The van der Waals surface area contributed by atoms with Gasteiger partial charge in [0, 0.05) is 13.7 Å². The highest BCUT2D eigenvalue weighted by atomic mass is 32.2. The van der Waals surface area contributed by atoms with E-state index in [9.17, 15) is 13.2 Å². The third-order valence-corrected chi connectivity index (χ3v) is 4.12. The Morgan fingerprint density at radius 3 is 2.55 bits per heavy atom. The van der Waals surface area contributed by atoms with Crippen molar-refractivity contribution in [1.29, 1.82) is 0 Å². The molecule has 0 aliphatic heterocycles. The Kier molecular flexibility index (Phi) is 6.63. The quantitative estimate of drug-likeness (QED) is 0.698. The van der Waals surface area contributed by atoms with Crippen molar-refractivity contribution in [2.45, 2.75) is 18.9 Å². The van der Waals surface area contributed by atoms with E-state index in [1.54, 1.807) is 0 Å². The number of carboxylic acids is 1. The number of ether oxygens (including phenoxy) is 1. The van der Waals surface area contributed by atoms with Gasteiger partial charge < -0.3 is 9.84 Å². The Morgan fingerprint density at radius 1 is 1.35 bits per heavy atom. The predicted molar refractivity (Wildman–Crippen MR) is 75.0 cm³/mol. The zero-order chi connectivity index (χ0) is 15.0. The fourth-order valence-corrected chi connectivity index (χ4v) is 2.71. The summed E-state index contributed by atoms with van der Waals surface area (Å²) in [5.74, 6) is -1.07. The van der Waals surface area contributed by atoms with E-state index in [2.05, 4.69) is 4.72 Å². The third kappa shape index (κ3) is 6.65. The van der Waals surface area contributed by atoms with Gasteiger partial charge >= 0.3 is 5.97 Å². The molecule has 1 unspecified atom stereocenters. The van der Waals surface area contributed by atoms with Crippen LogP contribution in [0.5, 0.6) is 0 Å². The average Bonchev–Trinajstić information content (AvgIpc) is 2.42. The van der Waals surface area contributed by atoms with Crippen LogP contribution in [0.2, 0.25) is 0 Å². The van der Waals surface area contributed by atoms with Gasteiger partial charge in [-0.05, 0) is 12.0 Å². The Morgan fingerprint density at radius 2 is 2.00 bits per heavy atom.